The molecular weight excluding hydrogens is 140 g/mol. The summed E-state index contributed by atoms with van der Waals surface area (Å²) in [5.41, 5.74) is 6.35. The van der Waals surface area contributed by atoms with Crippen LogP contribution >= 0.6 is 0 Å². The summed E-state index contributed by atoms with van der Waals surface area (Å²) in [6.07, 6.45) is 1.11. The molecule has 0 bridgehead atoms. The predicted octanol–water partition coefficient (Wildman–Crippen LogP) is 0.462. The zero-order chi connectivity index (χ0) is 8.27. The van der Waals surface area contributed by atoms with Gasteiger partial charge in [-0.2, -0.15) is 0 Å². The van der Waals surface area contributed by atoms with Crippen LogP contribution in [0.4, 0.5) is 0 Å². The van der Waals surface area contributed by atoms with Gasteiger partial charge in [0.05, 0.1) is 17.8 Å². The van der Waals surface area contributed by atoms with Crippen LogP contribution in [0.25, 0.3) is 0 Å². The molecule has 11 heavy (non-hydrogen) atoms. The Hall–Kier alpha value is -0.930. The summed E-state index contributed by atoms with van der Waals surface area (Å²) in [5.74, 6) is 0. The third-order valence-corrected chi connectivity index (χ3v) is 1.55. The number of rotatable bonds is 2. The zero-order valence-corrected chi connectivity index (χ0v) is 6.44. The molecule has 3 N–H and O–H groups in total. The first kappa shape index (κ1) is 8.17. The first-order valence-electron chi connectivity index (χ1n) is 3.56. The fourth-order valence-electron chi connectivity index (χ4n) is 0.820. The Morgan fingerprint density at radius 1 is 1.55 bits per heavy atom. The highest BCUT2D eigenvalue weighted by Gasteiger charge is 2.11. The largest absolute Gasteiger partial charge is 0.391 e. The third-order valence-electron chi connectivity index (χ3n) is 1.55. The van der Waals surface area contributed by atoms with Crippen LogP contribution in [0.1, 0.15) is 18.7 Å². The molecule has 0 aliphatic rings. The molecule has 0 saturated carbocycles. The summed E-state index contributed by atoms with van der Waals surface area (Å²) in [7, 11) is 0. The normalized spacial score (nSPS) is 15.9. The lowest BCUT2D eigenvalue weighted by atomic mass is 10.1. The molecule has 0 amide bonds. The number of nitrogens with two attached hydrogens (primary N) is 1. The van der Waals surface area contributed by atoms with Gasteiger partial charge in [-0.05, 0) is 19.1 Å². The van der Waals surface area contributed by atoms with E-state index in [0.29, 0.717) is 0 Å². The number of aliphatic hydroxyl groups excluding tert-OH is 1. The van der Waals surface area contributed by atoms with Gasteiger partial charge in [0.1, 0.15) is 0 Å². The summed E-state index contributed by atoms with van der Waals surface area (Å²) in [5, 5.41) is 9.11. The van der Waals surface area contributed by atoms with Crippen LogP contribution in [-0.4, -0.2) is 16.2 Å². The highest BCUT2D eigenvalue weighted by Crippen LogP contribution is 2.09. The highest BCUT2D eigenvalue weighted by atomic mass is 16.3. The van der Waals surface area contributed by atoms with Crippen LogP contribution in [0.5, 0.6) is 0 Å². The lowest BCUT2D eigenvalue weighted by molar-refractivity contribution is 0.162. The summed E-state index contributed by atoms with van der Waals surface area (Å²) < 4.78 is 0. The molecule has 60 valence electrons. The molecule has 2 atom stereocenters. The minimum Gasteiger partial charge on any atom is -0.391 e. The summed E-state index contributed by atoms with van der Waals surface area (Å²) in [6, 6.07) is 5.09. The van der Waals surface area contributed by atoms with Gasteiger partial charge >= 0.3 is 0 Å². The monoisotopic (exact) mass is 152 g/mol. The number of hydrogen-bond acceptors (Lipinski definition) is 3. The van der Waals surface area contributed by atoms with Crippen molar-refractivity contribution in [2.24, 2.45) is 5.73 Å². The van der Waals surface area contributed by atoms with E-state index in [0.717, 1.165) is 5.69 Å². The molecule has 0 spiro atoms. The Morgan fingerprint density at radius 2 is 2.27 bits per heavy atom. The lowest BCUT2D eigenvalue weighted by Gasteiger charge is -2.12. The van der Waals surface area contributed by atoms with Crippen molar-refractivity contribution < 1.29 is 5.11 Å². The minimum atomic E-state index is -0.551. The summed E-state index contributed by atoms with van der Waals surface area (Å²) >= 11 is 0. The summed E-state index contributed by atoms with van der Waals surface area (Å²) in [4.78, 5) is 4.01. The Labute approximate surface area is 65.9 Å². The molecule has 1 aromatic heterocycles. The van der Waals surface area contributed by atoms with Crippen molar-refractivity contribution in [1.29, 1.82) is 0 Å². The topological polar surface area (TPSA) is 59.1 Å². The first-order valence-corrected chi connectivity index (χ1v) is 3.56. The van der Waals surface area contributed by atoms with Crippen LogP contribution in [0, 0.1) is 0 Å². The molecule has 1 unspecified atom stereocenters. The second-order valence-electron chi connectivity index (χ2n) is 2.52. The molecule has 0 saturated heterocycles. The van der Waals surface area contributed by atoms with E-state index < -0.39 is 6.10 Å². The van der Waals surface area contributed by atoms with Crippen molar-refractivity contribution in [3.8, 4) is 0 Å². The van der Waals surface area contributed by atoms with Crippen molar-refractivity contribution in [2.45, 2.75) is 19.1 Å². The van der Waals surface area contributed by atoms with Gasteiger partial charge in [-0.15, -0.1) is 0 Å². The summed E-state index contributed by atoms with van der Waals surface area (Å²) in [6.45, 7) is 1.65. The van der Waals surface area contributed by atoms with Gasteiger partial charge in [0.2, 0.25) is 0 Å². The number of nitrogens with zero attached hydrogens (tertiary/aromatic N) is 1. The average molecular weight is 152 g/mol. The van der Waals surface area contributed by atoms with E-state index in [1.54, 1.807) is 19.2 Å². The molecule has 1 rings (SSSR count). The van der Waals surface area contributed by atoms with Crippen molar-refractivity contribution in [1.82, 2.24) is 4.98 Å². The van der Waals surface area contributed by atoms with E-state index in [4.69, 9.17) is 10.8 Å². The fraction of sp³-hybridized carbons (Fsp3) is 0.375. The molecule has 0 fully saturated rings. The van der Waals surface area contributed by atoms with Crippen molar-refractivity contribution in [3.05, 3.63) is 30.1 Å². The second-order valence-corrected chi connectivity index (χ2v) is 2.52. The molecule has 1 heterocycles. The molecule has 3 nitrogen and oxygen atoms in total. The van der Waals surface area contributed by atoms with Crippen molar-refractivity contribution in [3.63, 3.8) is 0 Å². The van der Waals surface area contributed by atoms with Crippen molar-refractivity contribution in [2.75, 3.05) is 0 Å². The Morgan fingerprint density at radius 3 is 2.73 bits per heavy atom. The fourth-order valence-corrected chi connectivity index (χ4v) is 0.820. The maximum absolute atomic E-state index is 9.11. The van der Waals surface area contributed by atoms with Gasteiger partial charge in [0.25, 0.3) is 0 Å². The number of hydrogen-bond donors (Lipinski definition) is 2. The van der Waals surface area contributed by atoms with Crippen LogP contribution < -0.4 is 5.73 Å². The van der Waals surface area contributed by atoms with Gasteiger partial charge in [-0.3, -0.25) is 4.98 Å². The van der Waals surface area contributed by atoms with Crippen LogP contribution in [0.15, 0.2) is 24.4 Å². The Kier molecular flexibility index (Phi) is 2.57. The van der Waals surface area contributed by atoms with E-state index >= 15 is 0 Å². The molecule has 1 aromatic rings. The highest BCUT2D eigenvalue weighted by molar-refractivity contribution is 5.08. The van der Waals surface area contributed by atoms with Crippen LogP contribution in [0.3, 0.4) is 0 Å². The number of aromatic nitrogens is 1. The van der Waals surface area contributed by atoms with Gasteiger partial charge in [0.15, 0.2) is 0 Å². The average Bonchev–Trinajstić information content (AvgIpc) is 2.05. The van der Waals surface area contributed by atoms with E-state index in [2.05, 4.69) is 4.98 Å². The lowest BCUT2D eigenvalue weighted by Crippen LogP contribution is -2.23. The standard InChI is InChI=1S/C8H12N2O/c1-6(11)8(9)7-4-2-3-5-10-7/h2-6,8,11H,9H2,1H3/t6?,8-/m1/s1. The van der Waals surface area contributed by atoms with Crippen molar-refractivity contribution >= 4 is 0 Å². The molecule has 0 radical (unpaired) electrons. The van der Waals surface area contributed by atoms with Gasteiger partial charge in [0, 0.05) is 6.20 Å². The first-order chi connectivity index (χ1) is 5.22. The smallest absolute Gasteiger partial charge is 0.0730 e. The molecule has 0 aliphatic heterocycles. The third kappa shape index (κ3) is 2.00. The van der Waals surface area contributed by atoms with Crippen LogP contribution in [0.2, 0.25) is 0 Å². The van der Waals surface area contributed by atoms with Gasteiger partial charge in [-0.1, -0.05) is 6.07 Å². The zero-order valence-electron chi connectivity index (χ0n) is 6.44. The maximum atomic E-state index is 9.11. The van der Waals surface area contributed by atoms with Crippen LogP contribution in [-0.2, 0) is 0 Å². The number of aliphatic hydroxyl groups is 1. The molecular formula is C8H12N2O. The number of pyridine rings is 1. The molecule has 0 aliphatic carbocycles. The van der Waals surface area contributed by atoms with E-state index in [1.807, 2.05) is 12.1 Å². The van der Waals surface area contributed by atoms with E-state index in [9.17, 15) is 0 Å². The molecule has 3 heteroatoms. The molecule has 0 aromatic carbocycles. The Bertz CT molecular complexity index is 211. The van der Waals surface area contributed by atoms with E-state index in [1.165, 1.54) is 0 Å². The van der Waals surface area contributed by atoms with Gasteiger partial charge < -0.3 is 10.8 Å². The second kappa shape index (κ2) is 3.46. The van der Waals surface area contributed by atoms with E-state index in [-0.39, 0.29) is 6.04 Å². The predicted molar refractivity (Wildman–Crippen MR) is 42.8 cm³/mol. The quantitative estimate of drug-likeness (QED) is 0.647. The maximum Gasteiger partial charge on any atom is 0.0730 e. The Balaban J connectivity index is 2.77. The minimum absolute atomic E-state index is 0.379. The SMILES string of the molecule is CC(O)[C@@H](N)c1ccccn1. The van der Waals surface area contributed by atoms with Gasteiger partial charge in [-0.25, -0.2) is 0 Å².